The molecule has 0 aromatic heterocycles. The lowest BCUT2D eigenvalue weighted by molar-refractivity contribution is -0.317. The molecule has 1 aliphatic carbocycles. The molecule has 0 radical (unpaired) electrons. The number of nitrogens with two attached hydrogens (primary N) is 5. The highest BCUT2D eigenvalue weighted by Crippen LogP contribution is 2.31. The highest BCUT2D eigenvalue weighted by Gasteiger charge is 2.51. The van der Waals surface area contributed by atoms with Crippen LogP contribution in [0.1, 0.15) is 20.3 Å². The number of aliphatic hydroxyl groups excluding tert-OH is 5. The maximum atomic E-state index is 11.2. The number of aliphatic hydroxyl groups is 5. The standard InChI is InChI=1S/C22H46N6O9/c1-3-28(4-2)7-11-14(29)12(26)17(32)22(35-11)37-20-9(25)5-8(24)19(18(20)33)36-21-13(27)16(31)15(30)10(6-23)34-21/h8-22,29-33H,3-7,23-27H2,1-2H3. The van der Waals surface area contributed by atoms with E-state index in [-0.39, 0.29) is 13.0 Å². The summed E-state index contributed by atoms with van der Waals surface area (Å²) in [6.45, 7) is 5.64. The summed E-state index contributed by atoms with van der Waals surface area (Å²) in [5, 5.41) is 52.8. The van der Waals surface area contributed by atoms with Gasteiger partial charge in [0.15, 0.2) is 12.6 Å². The zero-order valence-electron chi connectivity index (χ0n) is 21.4. The van der Waals surface area contributed by atoms with Gasteiger partial charge in [-0.3, -0.25) is 0 Å². The summed E-state index contributed by atoms with van der Waals surface area (Å²) in [5.74, 6) is 0. The molecular formula is C22H46N6O9. The highest BCUT2D eigenvalue weighted by molar-refractivity contribution is 5.02. The van der Waals surface area contributed by atoms with Gasteiger partial charge in [0.05, 0.1) is 18.2 Å². The van der Waals surface area contributed by atoms with E-state index < -0.39 is 91.7 Å². The molecule has 3 aliphatic rings. The first-order valence-corrected chi connectivity index (χ1v) is 12.9. The molecule has 1 saturated carbocycles. The van der Waals surface area contributed by atoms with E-state index in [1.165, 1.54) is 0 Å². The van der Waals surface area contributed by atoms with Gasteiger partial charge in [0.1, 0.15) is 48.8 Å². The van der Waals surface area contributed by atoms with Crippen molar-refractivity contribution < 1.29 is 44.5 Å². The third-order valence-electron chi connectivity index (χ3n) is 7.71. The number of hydrogen-bond donors (Lipinski definition) is 10. The molecule has 15 unspecified atom stereocenters. The van der Waals surface area contributed by atoms with Crippen LogP contribution in [0, 0.1) is 0 Å². The van der Waals surface area contributed by atoms with Crippen LogP contribution in [0.5, 0.6) is 0 Å². The molecule has 0 aromatic carbocycles. The molecule has 0 spiro atoms. The van der Waals surface area contributed by atoms with Gasteiger partial charge in [-0.05, 0) is 19.5 Å². The van der Waals surface area contributed by atoms with Crippen molar-refractivity contribution in [2.75, 3.05) is 26.2 Å². The van der Waals surface area contributed by atoms with Gasteiger partial charge in [0, 0.05) is 25.2 Å². The number of ether oxygens (including phenoxy) is 4. The number of hydrogen-bond acceptors (Lipinski definition) is 15. The summed E-state index contributed by atoms with van der Waals surface area (Å²) >= 11 is 0. The van der Waals surface area contributed by atoms with Gasteiger partial charge in [0.25, 0.3) is 0 Å². The van der Waals surface area contributed by atoms with E-state index in [0.29, 0.717) is 6.54 Å². The van der Waals surface area contributed by atoms with Gasteiger partial charge >= 0.3 is 0 Å². The van der Waals surface area contributed by atoms with Crippen molar-refractivity contribution in [3.8, 4) is 0 Å². The quantitative estimate of drug-likeness (QED) is 0.131. The van der Waals surface area contributed by atoms with E-state index in [9.17, 15) is 25.5 Å². The van der Waals surface area contributed by atoms with Gasteiger partial charge < -0.3 is 78.0 Å². The fraction of sp³-hybridized carbons (Fsp3) is 1.00. The normalized spacial score (nSPS) is 49.4. The molecule has 0 aromatic rings. The average Bonchev–Trinajstić information content (AvgIpc) is 2.87. The smallest absolute Gasteiger partial charge is 0.186 e. The second-order valence-electron chi connectivity index (χ2n) is 10.2. The average molecular weight is 539 g/mol. The Bertz CT molecular complexity index is 710. The second kappa shape index (κ2) is 13.2. The van der Waals surface area contributed by atoms with Crippen molar-refractivity contribution in [1.29, 1.82) is 0 Å². The molecule has 218 valence electrons. The third-order valence-corrected chi connectivity index (χ3v) is 7.71. The molecule has 15 heteroatoms. The van der Waals surface area contributed by atoms with Crippen molar-refractivity contribution in [3.63, 3.8) is 0 Å². The third kappa shape index (κ3) is 6.59. The van der Waals surface area contributed by atoms with Crippen LogP contribution in [0.3, 0.4) is 0 Å². The molecule has 37 heavy (non-hydrogen) atoms. The Labute approximate surface area is 216 Å². The lowest BCUT2D eigenvalue weighted by Crippen LogP contribution is -2.69. The molecule has 0 amide bonds. The predicted octanol–water partition coefficient (Wildman–Crippen LogP) is -5.98. The Morgan fingerprint density at radius 3 is 1.78 bits per heavy atom. The lowest BCUT2D eigenvalue weighted by Gasteiger charge is -2.48. The topological polar surface area (TPSA) is 271 Å². The van der Waals surface area contributed by atoms with Gasteiger partial charge in [0.2, 0.25) is 0 Å². The van der Waals surface area contributed by atoms with Crippen molar-refractivity contribution >= 4 is 0 Å². The second-order valence-corrected chi connectivity index (χ2v) is 10.2. The molecule has 3 rings (SSSR count). The molecule has 15 N–H and O–H groups in total. The Balaban J connectivity index is 1.73. The monoisotopic (exact) mass is 538 g/mol. The first-order chi connectivity index (χ1) is 17.4. The maximum Gasteiger partial charge on any atom is 0.186 e. The van der Waals surface area contributed by atoms with E-state index in [0.717, 1.165) is 13.1 Å². The van der Waals surface area contributed by atoms with Crippen LogP contribution in [0.4, 0.5) is 0 Å². The summed E-state index contributed by atoms with van der Waals surface area (Å²) < 4.78 is 23.4. The van der Waals surface area contributed by atoms with Gasteiger partial charge in [-0.25, -0.2) is 0 Å². The summed E-state index contributed by atoms with van der Waals surface area (Å²) in [6, 6.07) is -3.70. The van der Waals surface area contributed by atoms with E-state index in [2.05, 4.69) is 0 Å². The van der Waals surface area contributed by atoms with Crippen LogP contribution >= 0.6 is 0 Å². The minimum Gasteiger partial charge on any atom is -0.389 e. The Morgan fingerprint density at radius 2 is 1.24 bits per heavy atom. The Hall–Kier alpha value is -0.600. The van der Waals surface area contributed by atoms with E-state index in [4.69, 9.17) is 47.6 Å². The fourth-order valence-corrected chi connectivity index (χ4v) is 5.18. The molecule has 0 bridgehead atoms. The summed E-state index contributed by atoms with van der Waals surface area (Å²) in [7, 11) is 0. The SMILES string of the molecule is CCN(CC)CC1OC(OC2C(N)CC(N)C(OC3OC(CN)C(O)C(O)C3N)C2O)C(O)C(N)C1O. The number of nitrogens with zero attached hydrogens (tertiary/aromatic N) is 1. The zero-order valence-corrected chi connectivity index (χ0v) is 21.4. The first kappa shape index (κ1) is 30.9. The van der Waals surface area contributed by atoms with Crippen molar-refractivity contribution in [3.05, 3.63) is 0 Å². The minimum absolute atomic E-state index is 0.0988. The summed E-state index contributed by atoms with van der Waals surface area (Å²) in [4.78, 5) is 2.03. The van der Waals surface area contributed by atoms with E-state index in [1.807, 2.05) is 18.7 Å². The fourth-order valence-electron chi connectivity index (χ4n) is 5.18. The maximum absolute atomic E-state index is 11.2. The molecule has 2 aliphatic heterocycles. The number of likely N-dealkylation sites (N-methyl/N-ethyl adjacent to an activating group) is 1. The van der Waals surface area contributed by atoms with Crippen LogP contribution in [-0.4, -0.2) is 148 Å². The van der Waals surface area contributed by atoms with E-state index >= 15 is 0 Å². The van der Waals surface area contributed by atoms with Crippen molar-refractivity contribution in [1.82, 2.24) is 4.90 Å². The van der Waals surface area contributed by atoms with Crippen LogP contribution in [0.2, 0.25) is 0 Å². The summed E-state index contributed by atoms with van der Waals surface area (Å²) in [5.41, 5.74) is 30.2. The van der Waals surface area contributed by atoms with Crippen LogP contribution in [-0.2, 0) is 18.9 Å². The van der Waals surface area contributed by atoms with Crippen LogP contribution < -0.4 is 28.7 Å². The van der Waals surface area contributed by atoms with Crippen LogP contribution in [0.25, 0.3) is 0 Å². The highest BCUT2D eigenvalue weighted by atomic mass is 16.7. The Kier molecular flexibility index (Phi) is 11.0. The molecule has 2 heterocycles. The Morgan fingerprint density at radius 1 is 0.703 bits per heavy atom. The lowest BCUT2D eigenvalue weighted by atomic mass is 9.84. The first-order valence-electron chi connectivity index (χ1n) is 12.9. The van der Waals surface area contributed by atoms with Crippen LogP contribution in [0.15, 0.2) is 0 Å². The zero-order chi connectivity index (χ0) is 27.6. The molecule has 3 fully saturated rings. The number of rotatable bonds is 9. The minimum atomic E-state index is -1.41. The molecule has 15 atom stereocenters. The van der Waals surface area contributed by atoms with Crippen molar-refractivity contribution in [2.24, 2.45) is 28.7 Å². The van der Waals surface area contributed by atoms with Gasteiger partial charge in [-0.1, -0.05) is 13.8 Å². The largest absolute Gasteiger partial charge is 0.389 e. The van der Waals surface area contributed by atoms with Gasteiger partial charge in [-0.15, -0.1) is 0 Å². The van der Waals surface area contributed by atoms with E-state index in [1.54, 1.807) is 0 Å². The van der Waals surface area contributed by atoms with Crippen molar-refractivity contribution in [2.45, 2.75) is 112 Å². The predicted molar refractivity (Wildman–Crippen MR) is 130 cm³/mol. The molecule has 15 nitrogen and oxygen atoms in total. The van der Waals surface area contributed by atoms with Gasteiger partial charge in [-0.2, -0.15) is 0 Å². The molecule has 2 saturated heterocycles. The molecular weight excluding hydrogens is 492 g/mol. The summed E-state index contributed by atoms with van der Waals surface area (Å²) in [6.07, 6.45) is -12.8.